The maximum absolute atomic E-state index is 15.0. The molecule has 6 amide bonds. The number of aromatic amines is 2. The maximum Gasteiger partial charge on any atom is 0.356 e. The normalized spacial score (nSPS) is 14.0. The fraction of sp³-hybridized carbons (Fsp3) is 0.423. The zero-order valence-corrected chi connectivity index (χ0v) is 61.9. The summed E-state index contributed by atoms with van der Waals surface area (Å²) in [6.45, 7) is 2.80. The van der Waals surface area contributed by atoms with Crippen molar-refractivity contribution in [2.75, 3.05) is 26.3 Å². The number of phenolic OH excluding ortho intramolecular Hbond substituents is 1. The number of primary amides is 1. The second kappa shape index (κ2) is 42.6. The van der Waals surface area contributed by atoms with Gasteiger partial charge in [0.2, 0.25) is 35.4 Å². The average molecular weight is 1530 g/mol. The Hall–Kier alpha value is -12.2. The van der Waals surface area contributed by atoms with Crippen LogP contribution in [0.5, 0.6) is 11.5 Å². The smallest absolute Gasteiger partial charge is 0.356 e. The Kier molecular flexibility index (Phi) is 33.0. The molecule has 4 aromatic carbocycles. The van der Waals surface area contributed by atoms with E-state index >= 15 is 0 Å². The van der Waals surface area contributed by atoms with Crippen molar-refractivity contribution in [2.45, 2.75) is 159 Å². The number of aliphatic carboxylic acids is 1. The van der Waals surface area contributed by atoms with Crippen LogP contribution < -0.4 is 71.0 Å². The first kappa shape index (κ1) is 86.1. The number of hydrogen-bond acceptors (Lipinski definition) is 20. The molecule has 33 nitrogen and oxygen atoms in total. The highest BCUT2D eigenvalue weighted by Gasteiger charge is 2.37. The summed E-state index contributed by atoms with van der Waals surface area (Å²) in [4.78, 5) is 188. The molecule has 0 aliphatic heterocycles. The number of amides is 6. The number of ether oxygens (including phenoxy) is 1. The number of H-pyrrole nitrogens is 2. The molecule has 1 aliphatic rings. The van der Waals surface area contributed by atoms with Gasteiger partial charge in [0.25, 0.3) is 0 Å². The molecular formula is C78H98N16O17. The molecule has 1 aliphatic carbocycles. The summed E-state index contributed by atoms with van der Waals surface area (Å²) >= 11 is 0. The van der Waals surface area contributed by atoms with Gasteiger partial charge >= 0.3 is 17.3 Å². The molecule has 33 heteroatoms. The van der Waals surface area contributed by atoms with Crippen molar-refractivity contribution < 1.29 is 72.8 Å². The van der Waals surface area contributed by atoms with Crippen LogP contribution in [0.15, 0.2) is 125 Å². The number of ketones is 4. The number of aromatic nitrogens is 5. The number of terminal acetylenes is 1. The molecule has 20 N–H and O–H groups in total. The summed E-state index contributed by atoms with van der Waals surface area (Å²) in [5, 5.41) is 58.0. The largest absolute Gasteiger partial charge is 0.506 e. The highest BCUT2D eigenvalue weighted by Crippen LogP contribution is 2.32. The Labute approximate surface area is 639 Å². The third-order valence-corrected chi connectivity index (χ3v) is 19.0. The number of aliphatic hydroxyl groups excluding tert-OH is 1. The molecule has 0 spiro atoms. The van der Waals surface area contributed by atoms with E-state index in [1.165, 1.54) is 48.9 Å². The lowest BCUT2D eigenvalue weighted by Gasteiger charge is -2.26. The Bertz CT molecular complexity index is 4470. The van der Waals surface area contributed by atoms with E-state index in [9.17, 15) is 77.6 Å². The lowest BCUT2D eigenvalue weighted by Crippen LogP contribution is -2.51. The van der Waals surface area contributed by atoms with Crippen LogP contribution >= 0.6 is 0 Å². The molecule has 2 aromatic heterocycles. The average Bonchev–Trinajstić information content (AvgIpc) is 1.65. The molecule has 6 aromatic rings. The zero-order chi connectivity index (χ0) is 80.8. The molecule has 0 bridgehead atoms. The predicted molar refractivity (Wildman–Crippen MR) is 408 cm³/mol. The highest BCUT2D eigenvalue weighted by molar-refractivity contribution is 5.99. The number of guanidine groups is 1. The van der Waals surface area contributed by atoms with Gasteiger partial charge in [0.15, 0.2) is 29.1 Å². The number of aromatic hydroxyl groups is 1. The number of nitrogens with two attached hydrogens (primary N) is 4. The second-order valence-corrected chi connectivity index (χ2v) is 27.6. The molecule has 0 saturated carbocycles. The minimum atomic E-state index is -1.64. The van der Waals surface area contributed by atoms with Gasteiger partial charge in [-0.25, -0.2) is 29.0 Å². The van der Waals surface area contributed by atoms with Gasteiger partial charge in [-0.1, -0.05) is 92.9 Å². The van der Waals surface area contributed by atoms with Crippen molar-refractivity contribution in [1.29, 1.82) is 5.41 Å². The van der Waals surface area contributed by atoms with Crippen LogP contribution in [-0.2, 0) is 78.4 Å². The number of carbonyl (C=O) groups is 11. The zero-order valence-electron chi connectivity index (χ0n) is 61.9. The number of phenols is 1. The fourth-order valence-electron chi connectivity index (χ4n) is 12.7. The number of aliphatic hydroxyl groups is 1. The molecule has 0 saturated heterocycles. The first-order chi connectivity index (χ1) is 53.1. The lowest BCUT2D eigenvalue weighted by molar-refractivity contribution is -0.142. The van der Waals surface area contributed by atoms with Crippen molar-refractivity contribution in [3.63, 3.8) is 0 Å². The number of rotatable bonds is 48. The van der Waals surface area contributed by atoms with Gasteiger partial charge in [0, 0.05) is 76.4 Å². The monoisotopic (exact) mass is 1530 g/mol. The summed E-state index contributed by atoms with van der Waals surface area (Å²) in [6, 6.07) is 17.6. The van der Waals surface area contributed by atoms with Gasteiger partial charge < -0.3 is 79.9 Å². The standard InChI is InChI=1S/C78H98N16O17/c1-4-33-111-55-24-22-54(23-25-55)93-77(109)92-94(78(93)110)62-36-47(19-27-64(62)97)35-61(75(107)108)87-69(102)30-28-63(96)59(34-46-13-6-5-7-14-46)90-72(104)51(37-53-42-84-44-86-53)40-66(99)57(18-12-32-85-76(82)83)88-71(103)50(16-10-11-31-79)39-65(98)58(26-29-68(80)101)89-73(105)52(43-95)41-67(100)60(91-74(106)70(81)45(2)3)38-49-21-20-48-15-8-9-17-56(48)49/h1,5-9,13-15,17,19,21-25,27,36,42,44-45,50-52,57-61,70,95,97H,10-12,16,18,20,26,28-35,37-41,43,79,81H2,2-3H3,(H2,80,101)(H,84,86)(H,87,102)(H,88,103)(H,89,105)(H,90,104)(H,91,106)(H,92,109)(H,107,108)(H4,82,83,85). The molecule has 2 heterocycles. The van der Waals surface area contributed by atoms with Gasteiger partial charge in [0.1, 0.15) is 29.8 Å². The molecular weight excluding hydrogens is 1430 g/mol. The van der Waals surface area contributed by atoms with E-state index in [0.717, 1.165) is 32.0 Å². The lowest BCUT2D eigenvalue weighted by atomic mass is 9.88. The Morgan fingerprint density at radius 3 is 1.95 bits per heavy atom. The number of hydrogen-bond donors (Lipinski definition) is 16. The highest BCUT2D eigenvalue weighted by atomic mass is 16.5. The number of carboxylic acid groups (broad SMARTS) is 1. The van der Waals surface area contributed by atoms with Crippen LogP contribution in [0.2, 0.25) is 0 Å². The van der Waals surface area contributed by atoms with E-state index in [-0.39, 0.29) is 87.5 Å². The van der Waals surface area contributed by atoms with Crippen molar-refractivity contribution in [1.82, 2.24) is 56.2 Å². The Morgan fingerprint density at radius 1 is 0.676 bits per heavy atom. The van der Waals surface area contributed by atoms with E-state index < -0.39 is 193 Å². The van der Waals surface area contributed by atoms with Gasteiger partial charge in [-0.05, 0) is 122 Å². The summed E-state index contributed by atoms with van der Waals surface area (Å²) in [5.41, 5.74) is 25.0. The molecule has 7 rings (SSSR count). The van der Waals surface area contributed by atoms with Gasteiger partial charge in [-0.3, -0.25) is 53.4 Å². The fourth-order valence-corrected chi connectivity index (χ4v) is 12.7. The molecule has 0 fully saturated rings. The summed E-state index contributed by atoms with van der Waals surface area (Å²) in [5.74, 6) is -11.6. The molecule has 9 unspecified atom stereocenters. The minimum Gasteiger partial charge on any atom is -0.506 e. The van der Waals surface area contributed by atoms with E-state index in [4.69, 9.17) is 39.5 Å². The summed E-state index contributed by atoms with van der Waals surface area (Å²) < 4.78 is 6.90. The van der Waals surface area contributed by atoms with Crippen LogP contribution in [0.3, 0.4) is 0 Å². The van der Waals surface area contributed by atoms with E-state index in [2.05, 4.69) is 52.9 Å². The van der Waals surface area contributed by atoms with Crippen LogP contribution in [0.1, 0.15) is 125 Å². The van der Waals surface area contributed by atoms with Crippen LogP contribution in [0.25, 0.3) is 16.9 Å². The number of unbranched alkanes of at least 4 members (excludes halogenated alkanes) is 1. The second-order valence-electron chi connectivity index (χ2n) is 27.6. The molecule has 0 radical (unpaired) electrons. The third kappa shape index (κ3) is 26.0. The van der Waals surface area contributed by atoms with Crippen molar-refractivity contribution in [2.24, 2.45) is 46.6 Å². The third-order valence-electron chi connectivity index (χ3n) is 19.0. The maximum atomic E-state index is 15.0. The molecule has 111 heavy (non-hydrogen) atoms. The number of Topliss-reactive ketones (excluding diaryl/α,β-unsaturated/α-hetero) is 4. The van der Waals surface area contributed by atoms with Gasteiger partial charge in [-0.2, -0.15) is 4.68 Å². The van der Waals surface area contributed by atoms with Crippen molar-refractivity contribution >= 4 is 76.1 Å². The van der Waals surface area contributed by atoms with Gasteiger partial charge in [-0.15, -0.1) is 6.42 Å². The number of fused-ring (bicyclic) bond motifs is 1. The first-order valence-electron chi connectivity index (χ1n) is 36.6. The topological polar surface area (TPSA) is 546 Å². The van der Waals surface area contributed by atoms with E-state index in [1.807, 2.05) is 30.3 Å². The van der Waals surface area contributed by atoms with E-state index in [1.54, 1.807) is 44.2 Å². The van der Waals surface area contributed by atoms with Crippen LogP contribution in [0, 0.1) is 41.4 Å². The minimum absolute atomic E-state index is 0.0134. The van der Waals surface area contributed by atoms with Gasteiger partial charge in [0.05, 0.1) is 66.4 Å². The van der Waals surface area contributed by atoms with Crippen molar-refractivity contribution in [3.8, 4) is 35.2 Å². The first-order valence-corrected chi connectivity index (χ1v) is 36.6. The number of allylic oxidation sites excluding steroid dienone is 1. The summed E-state index contributed by atoms with van der Waals surface area (Å²) in [7, 11) is 0. The van der Waals surface area contributed by atoms with Crippen molar-refractivity contribution in [3.05, 3.63) is 165 Å². The Balaban J connectivity index is 1.06. The summed E-state index contributed by atoms with van der Waals surface area (Å²) in [6.07, 6.45) is 6.92. The molecule has 592 valence electrons. The van der Waals surface area contributed by atoms with Crippen LogP contribution in [0.4, 0.5) is 0 Å². The SMILES string of the molecule is C#CCOc1ccc(-n2c(=O)[nH]n(-c3cc(CC(NC(=O)CCC(=O)C(Cc4ccccc4)NC(=O)C(CC(=O)C(CCCNC(=N)N)NC(=O)C(CCCCN)CC(=O)C(CCC(N)=O)NC(=O)C(CO)CC(=O)C(CC4=CCc5ccccc54)NC(=O)C(N)C(C)C)Cc4c[nH]cn4)C(=O)O)ccc3O)c2=O)cc1. The number of imidazole rings is 1. The number of nitrogens with one attached hydrogen (secondary N) is 9. The quantitative estimate of drug-likeness (QED) is 0.0110. The predicted octanol–water partition coefficient (Wildman–Crippen LogP) is 1.03. The molecule has 9 atom stereocenters. The Morgan fingerprint density at radius 2 is 1.30 bits per heavy atom. The number of carbonyl (C=O) groups excluding carboxylic acids is 10. The number of nitrogens with zero attached hydrogens (tertiary/aromatic N) is 3. The number of benzene rings is 4. The van der Waals surface area contributed by atoms with E-state index in [0.29, 0.717) is 36.3 Å². The number of carboxylic acids is 1. The van der Waals surface area contributed by atoms with Crippen LogP contribution in [-0.4, -0.2) is 173 Å².